The molecular weight excluding hydrogens is 444 g/mol. The van der Waals surface area contributed by atoms with Crippen molar-refractivity contribution >= 4 is 0 Å². The molecule has 0 rings (SSSR count). The third-order valence-electron chi connectivity index (χ3n) is 7.55. The van der Waals surface area contributed by atoms with Gasteiger partial charge in [0.25, 0.3) is 0 Å². The lowest BCUT2D eigenvalue weighted by Gasteiger charge is -2.11. The first-order valence-corrected chi connectivity index (χ1v) is 16.9. The Labute approximate surface area is 235 Å². The Morgan fingerprint density at radius 3 is 1.08 bits per heavy atom. The van der Waals surface area contributed by atoms with Crippen LogP contribution in [0.3, 0.4) is 0 Å². The molecule has 37 heavy (non-hydrogen) atoms. The van der Waals surface area contributed by atoms with Crippen LogP contribution in [0.15, 0.2) is 48.6 Å². The van der Waals surface area contributed by atoms with Crippen molar-refractivity contribution in [1.29, 1.82) is 0 Å². The second kappa shape index (κ2) is 33.0. The van der Waals surface area contributed by atoms with E-state index in [1.807, 2.05) is 0 Å². The Morgan fingerprint density at radius 2 is 0.676 bits per heavy atom. The fourth-order valence-corrected chi connectivity index (χ4v) is 4.92. The lowest BCUT2D eigenvalue weighted by Crippen LogP contribution is -1.95. The summed E-state index contributed by atoms with van der Waals surface area (Å²) in [6.45, 7) is 7.01. The number of rotatable bonds is 29. The zero-order valence-electron chi connectivity index (χ0n) is 25.9. The molecule has 0 bridgehead atoms. The van der Waals surface area contributed by atoms with Crippen molar-refractivity contribution in [2.24, 2.45) is 5.92 Å². The van der Waals surface area contributed by atoms with Crippen LogP contribution in [-0.2, 0) is 0 Å². The topological polar surface area (TPSA) is 0 Å². The molecule has 0 saturated heterocycles. The van der Waals surface area contributed by atoms with E-state index in [0.29, 0.717) is 0 Å². The van der Waals surface area contributed by atoms with E-state index >= 15 is 0 Å². The maximum atomic E-state index is 2.48. The molecule has 0 saturated carbocycles. The Hall–Kier alpha value is -1.04. The molecule has 0 aromatic rings. The van der Waals surface area contributed by atoms with Crippen LogP contribution in [0.2, 0.25) is 0 Å². The Balaban J connectivity index is 3.29. The van der Waals surface area contributed by atoms with Gasteiger partial charge < -0.3 is 0 Å². The normalized spacial score (nSPS) is 13.3. The molecule has 0 aliphatic heterocycles. The minimum atomic E-state index is 0.937. The molecule has 216 valence electrons. The second-order valence-electron chi connectivity index (χ2n) is 11.5. The minimum absolute atomic E-state index is 0.937. The van der Waals surface area contributed by atoms with Gasteiger partial charge >= 0.3 is 0 Å². The molecule has 0 heteroatoms. The lowest BCUT2D eigenvalue weighted by atomic mass is 9.96. The predicted molar refractivity (Wildman–Crippen MR) is 172 cm³/mol. The number of unbranched alkanes of at least 4 members (excludes halogenated alkanes) is 17. The molecule has 0 amide bonds. The third-order valence-corrected chi connectivity index (χ3v) is 7.55. The molecule has 0 aromatic heterocycles. The van der Waals surface area contributed by atoms with Gasteiger partial charge in [0.2, 0.25) is 0 Å². The van der Waals surface area contributed by atoms with Gasteiger partial charge in [0, 0.05) is 0 Å². The summed E-state index contributed by atoms with van der Waals surface area (Å²) < 4.78 is 0. The highest BCUT2D eigenvalue weighted by molar-refractivity contribution is 4.93. The van der Waals surface area contributed by atoms with Crippen LogP contribution in [0.5, 0.6) is 0 Å². The van der Waals surface area contributed by atoms with Crippen LogP contribution < -0.4 is 0 Å². The first kappa shape index (κ1) is 36.0. The van der Waals surface area contributed by atoms with Gasteiger partial charge in [0.05, 0.1) is 0 Å². The summed E-state index contributed by atoms with van der Waals surface area (Å²) in [4.78, 5) is 0. The van der Waals surface area contributed by atoms with E-state index in [9.17, 15) is 0 Å². The van der Waals surface area contributed by atoms with Crippen molar-refractivity contribution in [2.75, 3.05) is 0 Å². The van der Waals surface area contributed by atoms with Crippen LogP contribution in [0.25, 0.3) is 0 Å². The number of hydrogen-bond donors (Lipinski definition) is 0. The summed E-state index contributed by atoms with van der Waals surface area (Å²) in [5, 5.41) is 0. The van der Waals surface area contributed by atoms with E-state index < -0.39 is 0 Å². The maximum Gasteiger partial charge on any atom is -0.0169 e. The molecule has 0 aliphatic rings. The van der Waals surface area contributed by atoms with Crippen molar-refractivity contribution in [1.82, 2.24) is 0 Å². The van der Waals surface area contributed by atoms with Gasteiger partial charge in [-0.3, -0.25) is 0 Å². The van der Waals surface area contributed by atoms with E-state index in [1.54, 1.807) is 0 Å². The van der Waals surface area contributed by atoms with Crippen molar-refractivity contribution in [3.8, 4) is 0 Å². The van der Waals surface area contributed by atoms with E-state index in [0.717, 1.165) is 18.8 Å². The standard InChI is InChI=1S/C37H68/c1-4-6-8-10-12-14-16-18-20-22-24-26-28-30-32-34-36-37(3)35-33-31-29-27-25-23-21-19-17-15-13-11-9-7-5-2/h11-14,17-20,37H,4-10,15-16,21-36H2,1-3H3/b13-11-,14-12-,19-17-,20-18-. The average molecular weight is 513 g/mol. The molecule has 0 aliphatic carbocycles. The van der Waals surface area contributed by atoms with Gasteiger partial charge in [-0.05, 0) is 63.7 Å². The van der Waals surface area contributed by atoms with E-state index in [1.165, 1.54) is 148 Å². The van der Waals surface area contributed by atoms with Crippen LogP contribution in [-0.4, -0.2) is 0 Å². The van der Waals surface area contributed by atoms with Gasteiger partial charge in [-0.2, -0.15) is 0 Å². The van der Waals surface area contributed by atoms with E-state index in [4.69, 9.17) is 0 Å². The molecule has 1 unspecified atom stereocenters. The fourth-order valence-electron chi connectivity index (χ4n) is 4.92. The van der Waals surface area contributed by atoms with Crippen LogP contribution >= 0.6 is 0 Å². The smallest absolute Gasteiger partial charge is 0.0169 e. The van der Waals surface area contributed by atoms with Gasteiger partial charge in [-0.25, -0.2) is 0 Å². The zero-order valence-corrected chi connectivity index (χ0v) is 25.9. The van der Waals surface area contributed by atoms with Gasteiger partial charge in [-0.15, -0.1) is 0 Å². The van der Waals surface area contributed by atoms with Crippen LogP contribution in [0.4, 0.5) is 0 Å². The maximum absolute atomic E-state index is 2.48. The Bertz CT molecular complexity index is 520. The highest BCUT2D eigenvalue weighted by Crippen LogP contribution is 2.19. The van der Waals surface area contributed by atoms with Crippen molar-refractivity contribution in [2.45, 2.75) is 181 Å². The largest absolute Gasteiger partial charge is 0.0882 e. The molecule has 0 spiro atoms. The zero-order chi connectivity index (χ0) is 26.9. The molecule has 0 fully saturated rings. The molecule has 0 nitrogen and oxygen atoms in total. The first-order valence-electron chi connectivity index (χ1n) is 16.9. The summed E-state index contributed by atoms with van der Waals surface area (Å²) >= 11 is 0. The van der Waals surface area contributed by atoms with Crippen molar-refractivity contribution < 1.29 is 0 Å². The minimum Gasteiger partial charge on any atom is -0.0882 e. The monoisotopic (exact) mass is 513 g/mol. The molecule has 0 radical (unpaired) electrons. The van der Waals surface area contributed by atoms with E-state index in [-0.39, 0.29) is 0 Å². The van der Waals surface area contributed by atoms with Crippen molar-refractivity contribution in [3.05, 3.63) is 48.6 Å². The van der Waals surface area contributed by atoms with E-state index in [2.05, 4.69) is 69.4 Å². The molecule has 1 atom stereocenters. The molecule has 0 heterocycles. The summed E-state index contributed by atoms with van der Waals surface area (Å²) in [7, 11) is 0. The summed E-state index contributed by atoms with van der Waals surface area (Å²) in [5.41, 5.74) is 0. The molecular formula is C37H68. The van der Waals surface area contributed by atoms with Gasteiger partial charge in [0.15, 0.2) is 0 Å². The second-order valence-corrected chi connectivity index (χ2v) is 11.5. The molecule has 0 N–H and O–H groups in total. The highest BCUT2D eigenvalue weighted by Gasteiger charge is 2.02. The predicted octanol–water partition coefficient (Wildman–Crippen LogP) is 13.6. The Morgan fingerprint density at radius 1 is 0.351 bits per heavy atom. The van der Waals surface area contributed by atoms with Gasteiger partial charge in [0.1, 0.15) is 0 Å². The Kier molecular flexibility index (Phi) is 32.1. The lowest BCUT2D eigenvalue weighted by molar-refractivity contribution is 0.431. The summed E-state index contributed by atoms with van der Waals surface area (Å²) in [6, 6.07) is 0. The highest BCUT2D eigenvalue weighted by atomic mass is 14.1. The molecule has 0 aromatic carbocycles. The SMILES string of the molecule is CCCC/C=C\C/C=C\CCCCCCCCC(C)CCCCCCCC/C=C\C/C=C\CCCCC. The number of hydrogen-bond acceptors (Lipinski definition) is 0. The quantitative estimate of drug-likeness (QED) is 0.0690. The van der Waals surface area contributed by atoms with Crippen LogP contribution in [0.1, 0.15) is 181 Å². The average Bonchev–Trinajstić information content (AvgIpc) is 2.90. The third kappa shape index (κ3) is 32.9. The van der Waals surface area contributed by atoms with Gasteiger partial charge in [-0.1, -0.05) is 172 Å². The summed E-state index contributed by atoms with van der Waals surface area (Å²) in [6.07, 6.45) is 52.9. The van der Waals surface area contributed by atoms with Crippen molar-refractivity contribution in [3.63, 3.8) is 0 Å². The fraction of sp³-hybridized carbons (Fsp3) is 0.784. The number of allylic oxidation sites excluding steroid dienone is 8. The van der Waals surface area contributed by atoms with Crippen LogP contribution in [0, 0.1) is 5.92 Å². The first-order chi connectivity index (χ1) is 18.3. The summed E-state index contributed by atoms with van der Waals surface area (Å²) in [5.74, 6) is 0.937.